The first-order valence-electron chi connectivity index (χ1n) is 6.34. The summed E-state index contributed by atoms with van der Waals surface area (Å²) in [4.78, 5) is 2.48. The van der Waals surface area contributed by atoms with Crippen molar-refractivity contribution in [3.63, 3.8) is 0 Å². The van der Waals surface area contributed by atoms with Crippen LogP contribution in [0.2, 0.25) is 0 Å². The second-order valence-corrected chi connectivity index (χ2v) is 4.74. The summed E-state index contributed by atoms with van der Waals surface area (Å²) < 4.78 is 5.45. The molecule has 1 atom stereocenters. The Morgan fingerprint density at radius 3 is 2.65 bits per heavy atom. The van der Waals surface area contributed by atoms with Crippen LogP contribution in [0.5, 0.6) is 0 Å². The number of hydrogen-bond acceptors (Lipinski definition) is 3. The number of rotatable bonds is 4. The largest absolute Gasteiger partial charge is 0.379 e. The van der Waals surface area contributed by atoms with Gasteiger partial charge in [-0.1, -0.05) is 24.3 Å². The quantitative estimate of drug-likeness (QED) is 0.857. The van der Waals surface area contributed by atoms with Crippen molar-refractivity contribution in [1.29, 1.82) is 0 Å². The van der Waals surface area contributed by atoms with Crippen LogP contribution in [0.3, 0.4) is 0 Å². The Labute approximate surface area is 104 Å². The Hall–Kier alpha value is -0.900. The lowest BCUT2D eigenvalue weighted by Crippen LogP contribution is -2.42. The molecule has 3 heteroatoms. The lowest BCUT2D eigenvalue weighted by atomic mass is 10.1. The van der Waals surface area contributed by atoms with Gasteiger partial charge in [-0.3, -0.25) is 4.90 Å². The molecule has 1 unspecified atom stereocenters. The number of nitrogens with zero attached hydrogens (tertiary/aromatic N) is 1. The standard InChI is InChI=1S/C14H22N2O/c1-12-11-17-8-7-16(12)10-14-5-3-13(4-6-14)9-15-2/h3-6,12,15H,7-11H2,1-2H3. The predicted molar refractivity (Wildman–Crippen MR) is 69.9 cm³/mol. The van der Waals surface area contributed by atoms with E-state index >= 15 is 0 Å². The molecular formula is C14H22N2O. The molecule has 1 aromatic carbocycles. The molecule has 1 heterocycles. The summed E-state index contributed by atoms with van der Waals surface area (Å²) in [5.74, 6) is 0. The lowest BCUT2D eigenvalue weighted by molar-refractivity contribution is -0.00437. The van der Waals surface area contributed by atoms with Crippen molar-refractivity contribution >= 4 is 0 Å². The average Bonchev–Trinajstić information content (AvgIpc) is 2.35. The van der Waals surface area contributed by atoms with Crippen LogP contribution in [-0.2, 0) is 17.8 Å². The van der Waals surface area contributed by atoms with E-state index in [-0.39, 0.29) is 0 Å². The topological polar surface area (TPSA) is 24.5 Å². The van der Waals surface area contributed by atoms with E-state index in [1.807, 2.05) is 7.05 Å². The van der Waals surface area contributed by atoms with Gasteiger partial charge in [-0.05, 0) is 25.1 Å². The fourth-order valence-corrected chi connectivity index (χ4v) is 2.20. The number of morpholine rings is 1. The maximum Gasteiger partial charge on any atom is 0.0619 e. The van der Waals surface area contributed by atoms with Crippen molar-refractivity contribution in [3.8, 4) is 0 Å². The average molecular weight is 234 g/mol. The fourth-order valence-electron chi connectivity index (χ4n) is 2.20. The van der Waals surface area contributed by atoms with Crippen LogP contribution < -0.4 is 5.32 Å². The van der Waals surface area contributed by atoms with Gasteiger partial charge in [0, 0.05) is 25.7 Å². The van der Waals surface area contributed by atoms with E-state index in [4.69, 9.17) is 4.74 Å². The smallest absolute Gasteiger partial charge is 0.0619 e. The zero-order chi connectivity index (χ0) is 12.1. The van der Waals surface area contributed by atoms with Gasteiger partial charge in [-0.2, -0.15) is 0 Å². The minimum Gasteiger partial charge on any atom is -0.379 e. The molecule has 1 aliphatic rings. The van der Waals surface area contributed by atoms with Gasteiger partial charge in [0.2, 0.25) is 0 Å². The van der Waals surface area contributed by atoms with Crippen LogP contribution in [0, 0.1) is 0 Å². The summed E-state index contributed by atoms with van der Waals surface area (Å²) in [6.45, 7) is 6.96. The molecule has 3 nitrogen and oxygen atoms in total. The van der Waals surface area contributed by atoms with Crippen molar-refractivity contribution in [1.82, 2.24) is 10.2 Å². The molecule has 0 radical (unpaired) electrons. The molecule has 2 rings (SSSR count). The minimum atomic E-state index is 0.528. The van der Waals surface area contributed by atoms with Gasteiger partial charge in [-0.25, -0.2) is 0 Å². The second-order valence-electron chi connectivity index (χ2n) is 4.74. The first-order chi connectivity index (χ1) is 8.29. The molecule has 0 aliphatic carbocycles. The van der Waals surface area contributed by atoms with Gasteiger partial charge in [0.15, 0.2) is 0 Å². The molecule has 1 fully saturated rings. The first-order valence-corrected chi connectivity index (χ1v) is 6.34. The van der Waals surface area contributed by atoms with Gasteiger partial charge in [0.1, 0.15) is 0 Å². The van der Waals surface area contributed by atoms with E-state index in [0.29, 0.717) is 6.04 Å². The molecule has 94 valence electrons. The van der Waals surface area contributed by atoms with Crippen LogP contribution in [0.4, 0.5) is 0 Å². The van der Waals surface area contributed by atoms with Crippen LogP contribution >= 0.6 is 0 Å². The monoisotopic (exact) mass is 234 g/mol. The highest BCUT2D eigenvalue weighted by Crippen LogP contribution is 2.12. The van der Waals surface area contributed by atoms with Gasteiger partial charge in [0.25, 0.3) is 0 Å². The predicted octanol–water partition coefficient (Wildman–Crippen LogP) is 1.63. The zero-order valence-electron chi connectivity index (χ0n) is 10.8. The molecule has 1 aliphatic heterocycles. The summed E-state index contributed by atoms with van der Waals surface area (Å²) >= 11 is 0. The Morgan fingerprint density at radius 2 is 2.00 bits per heavy atom. The van der Waals surface area contributed by atoms with E-state index < -0.39 is 0 Å². The number of hydrogen-bond donors (Lipinski definition) is 1. The SMILES string of the molecule is CNCc1ccc(CN2CCOCC2C)cc1. The maximum absolute atomic E-state index is 5.45. The van der Waals surface area contributed by atoms with E-state index in [0.717, 1.165) is 32.8 Å². The van der Waals surface area contributed by atoms with Crippen molar-refractivity contribution in [2.75, 3.05) is 26.8 Å². The normalized spacial score (nSPS) is 21.6. The Bertz CT molecular complexity index is 337. The fraction of sp³-hybridized carbons (Fsp3) is 0.571. The van der Waals surface area contributed by atoms with E-state index in [1.54, 1.807) is 0 Å². The molecule has 0 aromatic heterocycles. The van der Waals surface area contributed by atoms with Crippen LogP contribution in [0.1, 0.15) is 18.1 Å². The van der Waals surface area contributed by atoms with Crippen LogP contribution in [0.15, 0.2) is 24.3 Å². The van der Waals surface area contributed by atoms with Gasteiger partial charge >= 0.3 is 0 Å². The molecule has 17 heavy (non-hydrogen) atoms. The van der Waals surface area contributed by atoms with Crippen molar-refractivity contribution < 1.29 is 4.74 Å². The minimum absolute atomic E-state index is 0.528. The van der Waals surface area contributed by atoms with Gasteiger partial charge in [-0.15, -0.1) is 0 Å². The summed E-state index contributed by atoms with van der Waals surface area (Å²) in [6.07, 6.45) is 0. The van der Waals surface area contributed by atoms with E-state index in [9.17, 15) is 0 Å². The summed E-state index contributed by atoms with van der Waals surface area (Å²) in [5.41, 5.74) is 2.73. The summed E-state index contributed by atoms with van der Waals surface area (Å²) in [7, 11) is 1.98. The molecular weight excluding hydrogens is 212 g/mol. The van der Waals surface area contributed by atoms with Crippen LogP contribution in [-0.4, -0.2) is 37.7 Å². The highest BCUT2D eigenvalue weighted by Gasteiger charge is 2.18. The van der Waals surface area contributed by atoms with E-state index in [2.05, 4.69) is 41.4 Å². The van der Waals surface area contributed by atoms with Gasteiger partial charge < -0.3 is 10.1 Å². The van der Waals surface area contributed by atoms with E-state index in [1.165, 1.54) is 11.1 Å². The van der Waals surface area contributed by atoms with Crippen LogP contribution in [0.25, 0.3) is 0 Å². The molecule has 0 amide bonds. The third kappa shape index (κ3) is 3.53. The first kappa shape index (κ1) is 12.6. The highest BCUT2D eigenvalue weighted by molar-refractivity contribution is 5.22. The molecule has 1 saturated heterocycles. The number of nitrogens with one attached hydrogen (secondary N) is 1. The lowest BCUT2D eigenvalue weighted by Gasteiger charge is -2.33. The molecule has 1 aromatic rings. The number of benzene rings is 1. The molecule has 0 spiro atoms. The molecule has 1 N–H and O–H groups in total. The Kier molecular flexibility index (Phi) is 4.54. The second kappa shape index (κ2) is 6.15. The maximum atomic E-state index is 5.45. The highest BCUT2D eigenvalue weighted by atomic mass is 16.5. The Balaban J connectivity index is 1.93. The summed E-state index contributed by atoms with van der Waals surface area (Å²) in [6, 6.07) is 9.40. The van der Waals surface area contributed by atoms with Crippen molar-refractivity contribution in [2.24, 2.45) is 0 Å². The number of ether oxygens (including phenoxy) is 1. The Morgan fingerprint density at radius 1 is 1.29 bits per heavy atom. The molecule has 0 bridgehead atoms. The third-order valence-corrected chi connectivity index (χ3v) is 3.29. The van der Waals surface area contributed by atoms with Gasteiger partial charge in [0.05, 0.1) is 13.2 Å². The third-order valence-electron chi connectivity index (χ3n) is 3.29. The zero-order valence-corrected chi connectivity index (χ0v) is 10.8. The van der Waals surface area contributed by atoms with Crippen molar-refractivity contribution in [3.05, 3.63) is 35.4 Å². The summed E-state index contributed by atoms with van der Waals surface area (Å²) in [5, 5.41) is 3.16. The van der Waals surface area contributed by atoms with Crippen molar-refractivity contribution in [2.45, 2.75) is 26.1 Å². The molecule has 0 saturated carbocycles.